The second-order valence-electron chi connectivity index (χ2n) is 4.82. The molecule has 0 bridgehead atoms. The van der Waals surface area contributed by atoms with Crippen LogP contribution in [0.25, 0.3) is 11.1 Å². The van der Waals surface area contributed by atoms with Gasteiger partial charge in [-0.2, -0.15) is 13.2 Å². The largest absolute Gasteiger partial charge is 0.506 e. The number of anilines is 1. The first-order valence-electron chi connectivity index (χ1n) is 7.22. The fraction of sp³-hybridized carbons (Fsp3) is 0.375. The molecule has 0 aliphatic carbocycles. The molecular weight excluding hydrogens is 343 g/mol. The molecular formula is C16H18F3NOS2. The maximum Gasteiger partial charge on any atom is 0.416 e. The van der Waals surface area contributed by atoms with Crippen LogP contribution in [0, 0.1) is 0 Å². The minimum atomic E-state index is -4.40. The average Bonchev–Trinajstić information content (AvgIpc) is 2.83. The van der Waals surface area contributed by atoms with Crippen LogP contribution in [0.2, 0.25) is 0 Å². The lowest BCUT2D eigenvalue weighted by Gasteiger charge is -2.11. The van der Waals surface area contributed by atoms with Gasteiger partial charge in [-0.3, -0.25) is 0 Å². The predicted molar refractivity (Wildman–Crippen MR) is 92.4 cm³/mol. The van der Waals surface area contributed by atoms with Gasteiger partial charge in [0.1, 0.15) is 10.8 Å². The summed E-state index contributed by atoms with van der Waals surface area (Å²) in [5.41, 5.74) is 0.111. The first-order chi connectivity index (χ1) is 10.9. The number of halogens is 3. The Bertz CT molecular complexity index is 668. The second-order valence-corrected chi connectivity index (χ2v) is 7.20. The third-order valence-electron chi connectivity index (χ3n) is 3.29. The van der Waals surface area contributed by atoms with E-state index < -0.39 is 11.7 Å². The highest BCUT2D eigenvalue weighted by atomic mass is 32.2. The molecule has 1 heterocycles. The Morgan fingerprint density at radius 1 is 1.26 bits per heavy atom. The van der Waals surface area contributed by atoms with E-state index >= 15 is 0 Å². The van der Waals surface area contributed by atoms with Crippen LogP contribution in [0.3, 0.4) is 0 Å². The van der Waals surface area contributed by atoms with Crippen molar-refractivity contribution in [1.29, 1.82) is 0 Å². The third-order valence-corrected chi connectivity index (χ3v) is 5.33. The number of hydrogen-bond acceptors (Lipinski definition) is 4. The molecule has 0 saturated carbocycles. The highest BCUT2D eigenvalue weighted by Crippen LogP contribution is 2.46. The molecule has 1 aromatic carbocycles. The average molecular weight is 361 g/mol. The second kappa shape index (κ2) is 7.49. The van der Waals surface area contributed by atoms with Crippen LogP contribution >= 0.6 is 23.1 Å². The number of aryl methyl sites for hydroxylation is 1. The molecule has 0 saturated heterocycles. The lowest BCUT2D eigenvalue weighted by Crippen LogP contribution is -2.04. The van der Waals surface area contributed by atoms with Gasteiger partial charge in [-0.1, -0.05) is 26.0 Å². The number of nitrogens with one attached hydrogen (secondary N) is 1. The molecule has 0 amide bonds. The molecule has 126 valence electrons. The molecule has 2 nitrogen and oxygen atoms in total. The van der Waals surface area contributed by atoms with Gasteiger partial charge in [0.15, 0.2) is 0 Å². The van der Waals surface area contributed by atoms with Crippen LogP contribution in [0.15, 0.2) is 24.3 Å². The Morgan fingerprint density at radius 3 is 2.61 bits per heavy atom. The van der Waals surface area contributed by atoms with E-state index in [2.05, 4.69) is 5.32 Å². The van der Waals surface area contributed by atoms with E-state index in [0.717, 1.165) is 22.8 Å². The van der Waals surface area contributed by atoms with Crippen LogP contribution in [-0.4, -0.2) is 16.7 Å². The SMILES string of the molecule is CCSCNc1sc(CC)c(O)c1-c1cccc(C(F)(F)F)c1. The van der Waals surface area contributed by atoms with Crippen LogP contribution in [0.1, 0.15) is 24.3 Å². The van der Waals surface area contributed by atoms with Crippen molar-refractivity contribution < 1.29 is 18.3 Å². The summed E-state index contributed by atoms with van der Waals surface area (Å²) in [6, 6.07) is 5.08. The minimum absolute atomic E-state index is 0.0702. The van der Waals surface area contributed by atoms with E-state index in [1.165, 1.54) is 17.4 Å². The van der Waals surface area contributed by atoms with Gasteiger partial charge in [-0.05, 0) is 29.9 Å². The maximum absolute atomic E-state index is 12.9. The van der Waals surface area contributed by atoms with Crippen LogP contribution < -0.4 is 5.32 Å². The van der Waals surface area contributed by atoms with Crippen molar-refractivity contribution >= 4 is 28.1 Å². The highest BCUT2D eigenvalue weighted by molar-refractivity contribution is 7.99. The molecule has 0 fully saturated rings. The van der Waals surface area contributed by atoms with Crippen molar-refractivity contribution in [2.45, 2.75) is 26.4 Å². The summed E-state index contributed by atoms with van der Waals surface area (Å²) in [5.74, 6) is 1.65. The van der Waals surface area contributed by atoms with Crippen LogP contribution in [0.4, 0.5) is 18.2 Å². The maximum atomic E-state index is 12.9. The molecule has 0 atom stereocenters. The molecule has 0 unspecified atom stereocenters. The van der Waals surface area contributed by atoms with Gasteiger partial charge in [0, 0.05) is 4.88 Å². The number of rotatable bonds is 6. The monoisotopic (exact) mass is 361 g/mol. The number of hydrogen-bond donors (Lipinski definition) is 2. The zero-order valence-corrected chi connectivity index (χ0v) is 14.5. The van der Waals surface area contributed by atoms with Crippen molar-refractivity contribution in [1.82, 2.24) is 0 Å². The van der Waals surface area contributed by atoms with Crippen LogP contribution in [0.5, 0.6) is 5.75 Å². The predicted octanol–water partition coefficient (Wildman–Crippen LogP) is 5.82. The smallest absolute Gasteiger partial charge is 0.416 e. The first kappa shape index (κ1) is 18.0. The minimum Gasteiger partial charge on any atom is -0.506 e. The molecule has 0 aliphatic heterocycles. The van der Waals surface area contributed by atoms with E-state index in [1.54, 1.807) is 17.8 Å². The zero-order valence-electron chi connectivity index (χ0n) is 12.8. The number of alkyl halides is 3. The first-order valence-corrected chi connectivity index (χ1v) is 9.19. The lowest BCUT2D eigenvalue weighted by molar-refractivity contribution is -0.137. The van der Waals surface area contributed by atoms with Gasteiger partial charge >= 0.3 is 6.18 Å². The Hall–Kier alpha value is -1.34. The Labute approximate surface area is 141 Å². The van der Waals surface area contributed by atoms with Crippen molar-refractivity contribution in [2.75, 3.05) is 16.9 Å². The van der Waals surface area contributed by atoms with Gasteiger partial charge in [-0.15, -0.1) is 23.1 Å². The van der Waals surface area contributed by atoms with Crippen molar-refractivity contribution in [3.63, 3.8) is 0 Å². The third kappa shape index (κ3) is 4.14. The number of thioether (sulfide) groups is 1. The molecule has 1 aromatic heterocycles. The Balaban J connectivity index is 2.47. The summed E-state index contributed by atoms with van der Waals surface area (Å²) in [6.45, 7) is 3.94. The fourth-order valence-electron chi connectivity index (χ4n) is 2.17. The number of aromatic hydroxyl groups is 1. The van der Waals surface area contributed by atoms with Gasteiger partial charge < -0.3 is 10.4 Å². The summed E-state index contributed by atoms with van der Waals surface area (Å²) in [4.78, 5) is 0.765. The highest BCUT2D eigenvalue weighted by Gasteiger charge is 2.31. The molecule has 7 heteroatoms. The number of thiophene rings is 1. The molecule has 23 heavy (non-hydrogen) atoms. The topological polar surface area (TPSA) is 32.3 Å². The Morgan fingerprint density at radius 2 is 2.00 bits per heavy atom. The van der Waals surface area contributed by atoms with Gasteiger partial charge in [0.2, 0.25) is 0 Å². The normalized spacial score (nSPS) is 11.7. The van der Waals surface area contributed by atoms with Gasteiger partial charge in [-0.25, -0.2) is 0 Å². The number of benzene rings is 1. The van der Waals surface area contributed by atoms with E-state index in [1.807, 2.05) is 13.8 Å². The van der Waals surface area contributed by atoms with E-state index in [-0.39, 0.29) is 5.75 Å². The summed E-state index contributed by atoms with van der Waals surface area (Å²) < 4.78 is 38.8. The molecule has 2 N–H and O–H groups in total. The standard InChI is InChI=1S/C16H18F3NOS2/c1-3-12-14(21)13(15(23-12)20-9-22-4-2)10-6-5-7-11(8-10)16(17,18)19/h5-8,20-21H,3-4,9H2,1-2H3. The summed E-state index contributed by atoms with van der Waals surface area (Å²) in [5, 5.41) is 14.3. The van der Waals surface area contributed by atoms with Crippen molar-refractivity contribution in [3.05, 3.63) is 34.7 Å². The molecule has 0 radical (unpaired) electrons. The summed E-state index contributed by atoms with van der Waals surface area (Å²) in [7, 11) is 0. The molecule has 0 spiro atoms. The van der Waals surface area contributed by atoms with Gasteiger partial charge in [0.25, 0.3) is 0 Å². The van der Waals surface area contributed by atoms with Crippen molar-refractivity contribution in [2.24, 2.45) is 0 Å². The van der Waals surface area contributed by atoms with E-state index in [0.29, 0.717) is 28.4 Å². The molecule has 2 rings (SSSR count). The van der Waals surface area contributed by atoms with Crippen LogP contribution in [-0.2, 0) is 12.6 Å². The van der Waals surface area contributed by atoms with E-state index in [4.69, 9.17) is 0 Å². The molecule has 2 aromatic rings. The quantitative estimate of drug-likeness (QED) is 0.502. The van der Waals surface area contributed by atoms with E-state index in [9.17, 15) is 18.3 Å². The van der Waals surface area contributed by atoms with Gasteiger partial charge in [0.05, 0.1) is 17.0 Å². The lowest BCUT2D eigenvalue weighted by atomic mass is 10.0. The zero-order chi connectivity index (χ0) is 17.0. The Kier molecular flexibility index (Phi) is 5.86. The summed E-state index contributed by atoms with van der Waals surface area (Å²) in [6.07, 6.45) is -3.77. The van der Waals surface area contributed by atoms with Crippen molar-refractivity contribution in [3.8, 4) is 16.9 Å². The molecule has 0 aliphatic rings. The summed E-state index contributed by atoms with van der Waals surface area (Å²) >= 11 is 3.06. The fourth-order valence-corrected chi connectivity index (χ4v) is 3.76.